The zero-order valence-electron chi connectivity index (χ0n) is 12.7. The van der Waals surface area contributed by atoms with Gasteiger partial charge < -0.3 is 15.0 Å². The zero-order valence-corrected chi connectivity index (χ0v) is 12.7. The molecule has 2 aromatic carbocycles. The normalized spacial score (nSPS) is 13.4. The number of rotatable bonds is 3. The summed E-state index contributed by atoms with van der Waals surface area (Å²) in [6, 6.07) is 16.0. The van der Waals surface area contributed by atoms with E-state index in [1.165, 1.54) is 11.1 Å². The molecule has 0 aromatic heterocycles. The molecule has 0 saturated heterocycles. The highest BCUT2D eigenvalue weighted by molar-refractivity contribution is 5.74. The van der Waals surface area contributed by atoms with Crippen molar-refractivity contribution in [1.29, 1.82) is 0 Å². The molecule has 1 heterocycles. The van der Waals surface area contributed by atoms with E-state index >= 15 is 0 Å². The second kappa shape index (κ2) is 6.52. The molecule has 0 unspecified atom stereocenters. The van der Waals surface area contributed by atoms with Crippen LogP contribution in [-0.2, 0) is 19.5 Å². The van der Waals surface area contributed by atoms with Crippen LogP contribution < -0.4 is 10.1 Å². The SMILES string of the molecule is COc1ccc2c(c1)CCN(C(=O)NCc1ccccc1)C2. The van der Waals surface area contributed by atoms with Crippen LogP contribution in [0.2, 0.25) is 0 Å². The highest BCUT2D eigenvalue weighted by Gasteiger charge is 2.20. The standard InChI is InChI=1S/C18H20N2O2/c1-22-17-8-7-16-13-20(10-9-15(16)11-17)18(21)19-12-14-5-3-2-4-6-14/h2-8,11H,9-10,12-13H2,1H3,(H,19,21). The largest absolute Gasteiger partial charge is 0.497 e. The van der Waals surface area contributed by atoms with E-state index in [-0.39, 0.29) is 6.03 Å². The highest BCUT2D eigenvalue weighted by atomic mass is 16.5. The van der Waals surface area contributed by atoms with Crippen LogP contribution >= 0.6 is 0 Å². The predicted molar refractivity (Wildman–Crippen MR) is 85.8 cm³/mol. The number of fused-ring (bicyclic) bond motifs is 1. The van der Waals surface area contributed by atoms with E-state index in [4.69, 9.17) is 4.74 Å². The van der Waals surface area contributed by atoms with Gasteiger partial charge in [-0.25, -0.2) is 4.79 Å². The van der Waals surface area contributed by atoms with E-state index < -0.39 is 0 Å². The van der Waals surface area contributed by atoms with Gasteiger partial charge in [0.1, 0.15) is 5.75 Å². The molecule has 1 aliphatic rings. The van der Waals surface area contributed by atoms with Crippen LogP contribution in [0.15, 0.2) is 48.5 Å². The summed E-state index contributed by atoms with van der Waals surface area (Å²) in [7, 11) is 1.67. The maximum atomic E-state index is 12.3. The van der Waals surface area contributed by atoms with Crippen molar-refractivity contribution in [2.45, 2.75) is 19.5 Å². The van der Waals surface area contributed by atoms with Gasteiger partial charge >= 0.3 is 6.03 Å². The van der Waals surface area contributed by atoms with Crippen molar-refractivity contribution in [1.82, 2.24) is 10.2 Å². The molecule has 0 fully saturated rings. The van der Waals surface area contributed by atoms with Gasteiger partial charge in [-0.1, -0.05) is 36.4 Å². The van der Waals surface area contributed by atoms with Crippen LogP contribution in [0.3, 0.4) is 0 Å². The Morgan fingerprint density at radius 3 is 2.77 bits per heavy atom. The minimum atomic E-state index is -0.00896. The summed E-state index contributed by atoms with van der Waals surface area (Å²) in [5.74, 6) is 0.876. The van der Waals surface area contributed by atoms with Crippen LogP contribution in [-0.4, -0.2) is 24.6 Å². The third-order valence-corrected chi connectivity index (χ3v) is 4.00. The number of carbonyl (C=O) groups excluding carboxylic acids is 1. The van der Waals surface area contributed by atoms with E-state index in [1.807, 2.05) is 47.4 Å². The van der Waals surface area contributed by atoms with Crippen LogP contribution in [0, 0.1) is 0 Å². The number of amides is 2. The number of hydrogen-bond donors (Lipinski definition) is 1. The monoisotopic (exact) mass is 296 g/mol. The molecule has 0 bridgehead atoms. The van der Waals surface area contributed by atoms with Crippen molar-refractivity contribution in [3.05, 3.63) is 65.2 Å². The Hall–Kier alpha value is -2.49. The number of methoxy groups -OCH3 is 1. The van der Waals surface area contributed by atoms with Crippen molar-refractivity contribution in [2.75, 3.05) is 13.7 Å². The van der Waals surface area contributed by atoms with Gasteiger partial charge in [0.2, 0.25) is 0 Å². The van der Waals surface area contributed by atoms with E-state index in [9.17, 15) is 4.79 Å². The first kappa shape index (κ1) is 14.4. The van der Waals surface area contributed by atoms with Crippen molar-refractivity contribution in [2.24, 2.45) is 0 Å². The maximum absolute atomic E-state index is 12.3. The first-order valence-electron chi connectivity index (χ1n) is 7.49. The van der Waals surface area contributed by atoms with Gasteiger partial charge in [-0.15, -0.1) is 0 Å². The summed E-state index contributed by atoms with van der Waals surface area (Å²) >= 11 is 0. The molecule has 0 saturated carbocycles. The predicted octanol–water partition coefficient (Wildman–Crippen LogP) is 2.96. The number of ether oxygens (including phenoxy) is 1. The zero-order chi connectivity index (χ0) is 15.4. The van der Waals surface area contributed by atoms with Gasteiger partial charge in [-0.3, -0.25) is 0 Å². The quantitative estimate of drug-likeness (QED) is 0.946. The lowest BCUT2D eigenvalue weighted by molar-refractivity contribution is 0.192. The lowest BCUT2D eigenvalue weighted by Crippen LogP contribution is -2.42. The Balaban J connectivity index is 1.60. The van der Waals surface area contributed by atoms with E-state index in [0.29, 0.717) is 13.1 Å². The van der Waals surface area contributed by atoms with Crippen molar-refractivity contribution in [3.63, 3.8) is 0 Å². The van der Waals surface area contributed by atoms with E-state index in [1.54, 1.807) is 7.11 Å². The minimum absolute atomic E-state index is 0.00896. The first-order chi connectivity index (χ1) is 10.8. The van der Waals surface area contributed by atoms with Crippen LogP contribution in [0.4, 0.5) is 4.79 Å². The molecule has 1 N–H and O–H groups in total. The van der Waals surface area contributed by atoms with Gasteiger partial charge in [0.05, 0.1) is 7.11 Å². The Morgan fingerprint density at radius 1 is 1.18 bits per heavy atom. The van der Waals surface area contributed by atoms with Crippen LogP contribution in [0.5, 0.6) is 5.75 Å². The first-order valence-corrected chi connectivity index (χ1v) is 7.49. The van der Waals surface area contributed by atoms with Gasteiger partial charge in [0.25, 0.3) is 0 Å². The third kappa shape index (κ3) is 3.22. The van der Waals surface area contributed by atoms with Crippen LogP contribution in [0.25, 0.3) is 0 Å². The number of nitrogens with one attached hydrogen (secondary N) is 1. The number of carbonyl (C=O) groups is 1. The second-order valence-electron chi connectivity index (χ2n) is 5.45. The fraction of sp³-hybridized carbons (Fsp3) is 0.278. The molecular formula is C18H20N2O2. The number of hydrogen-bond acceptors (Lipinski definition) is 2. The van der Waals surface area contributed by atoms with Crippen LogP contribution in [0.1, 0.15) is 16.7 Å². The molecule has 4 heteroatoms. The highest BCUT2D eigenvalue weighted by Crippen LogP contribution is 2.23. The average Bonchev–Trinajstić information content (AvgIpc) is 2.59. The Kier molecular flexibility index (Phi) is 4.28. The minimum Gasteiger partial charge on any atom is -0.497 e. The summed E-state index contributed by atoms with van der Waals surface area (Å²) < 4.78 is 5.25. The average molecular weight is 296 g/mol. The molecule has 114 valence electrons. The molecule has 2 aromatic rings. The Labute approximate surface area is 130 Å². The maximum Gasteiger partial charge on any atom is 0.317 e. The molecule has 0 radical (unpaired) electrons. The molecule has 1 aliphatic heterocycles. The Bertz CT molecular complexity index is 655. The van der Waals surface area contributed by atoms with Crippen molar-refractivity contribution < 1.29 is 9.53 Å². The summed E-state index contributed by atoms with van der Waals surface area (Å²) in [6.45, 7) is 1.95. The molecule has 0 spiro atoms. The fourth-order valence-electron chi connectivity index (χ4n) is 2.72. The van der Waals surface area contributed by atoms with E-state index in [2.05, 4.69) is 11.4 Å². The third-order valence-electron chi connectivity index (χ3n) is 4.00. The van der Waals surface area contributed by atoms with E-state index in [0.717, 1.165) is 24.3 Å². The molecule has 4 nitrogen and oxygen atoms in total. The molecule has 3 rings (SSSR count). The topological polar surface area (TPSA) is 41.6 Å². The number of nitrogens with zero attached hydrogens (tertiary/aromatic N) is 1. The molecule has 22 heavy (non-hydrogen) atoms. The van der Waals surface area contributed by atoms with Crippen molar-refractivity contribution >= 4 is 6.03 Å². The summed E-state index contributed by atoms with van der Waals surface area (Å²) in [6.07, 6.45) is 0.866. The summed E-state index contributed by atoms with van der Waals surface area (Å²) in [4.78, 5) is 14.2. The van der Waals surface area contributed by atoms with Gasteiger partial charge in [0.15, 0.2) is 0 Å². The summed E-state index contributed by atoms with van der Waals surface area (Å²) in [5.41, 5.74) is 3.58. The summed E-state index contributed by atoms with van der Waals surface area (Å²) in [5, 5.41) is 2.98. The molecule has 0 atom stereocenters. The lowest BCUT2D eigenvalue weighted by Gasteiger charge is -2.29. The van der Waals surface area contributed by atoms with Gasteiger partial charge in [-0.2, -0.15) is 0 Å². The molecule has 0 aliphatic carbocycles. The second-order valence-corrected chi connectivity index (χ2v) is 5.45. The Morgan fingerprint density at radius 2 is 2.00 bits per heavy atom. The number of benzene rings is 2. The number of urea groups is 1. The van der Waals surface area contributed by atoms with Gasteiger partial charge in [0, 0.05) is 19.6 Å². The smallest absolute Gasteiger partial charge is 0.317 e. The van der Waals surface area contributed by atoms with Crippen molar-refractivity contribution in [3.8, 4) is 5.75 Å². The molecular weight excluding hydrogens is 276 g/mol. The van der Waals surface area contributed by atoms with Gasteiger partial charge in [-0.05, 0) is 35.2 Å². The fourth-order valence-corrected chi connectivity index (χ4v) is 2.72. The lowest BCUT2D eigenvalue weighted by atomic mass is 10.00. The molecule has 2 amide bonds.